The van der Waals surface area contributed by atoms with Gasteiger partial charge in [-0.15, -0.1) is 0 Å². The molecule has 7 heteroatoms. The van der Waals surface area contributed by atoms with Crippen molar-refractivity contribution >= 4 is 21.7 Å². The van der Waals surface area contributed by atoms with Crippen molar-refractivity contribution in [2.75, 3.05) is 18.6 Å². The first-order valence-corrected chi connectivity index (χ1v) is 8.24. The van der Waals surface area contributed by atoms with Crippen LogP contribution in [0.1, 0.15) is 39.5 Å². The van der Waals surface area contributed by atoms with E-state index in [-0.39, 0.29) is 29.9 Å². The number of amides is 1. The maximum Gasteiger partial charge on any atom is 0.303 e. The van der Waals surface area contributed by atoms with Crippen molar-refractivity contribution in [3.8, 4) is 0 Å². The molecule has 0 atom stereocenters. The summed E-state index contributed by atoms with van der Waals surface area (Å²) in [5, 5.41) is 11.3. The zero-order valence-electron chi connectivity index (χ0n) is 11.7. The fraction of sp³-hybridized carbons (Fsp3) is 0.833. The summed E-state index contributed by atoms with van der Waals surface area (Å²) in [6.07, 6.45) is 2.37. The molecule has 0 aliphatic heterocycles. The third kappa shape index (κ3) is 11.7. The minimum absolute atomic E-state index is 0.0333. The molecule has 0 fully saturated rings. The topological polar surface area (TPSA) is 101 Å². The average molecular weight is 293 g/mol. The van der Waals surface area contributed by atoms with Crippen molar-refractivity contribution in [3.63, 3.8) is 0 Å². The molecule has 0 aliphatic carbocycles. The lowest BCUT2D eigenvalue weighted by molar-refractivity contribution is -0.137. The number of carbonyl (C=O) groups is 2. The summed E-state index contributed by atoms with van der Waals surface area (Å²) in [6.45, 7) is 4.31. The van der Waals surface area contributed by atoms with E-state index in [1.165, 1.54) is 0 Å². The van der Waals surface area contributed by atoms with E-state index in [0.29, 0.717) is 19.4 Å². The molecular formula is C12H23NO5S. The lowest BCUT2D eigenvalue weighted by Gasteiger charge is -2.23. The summed E-state index contributed by atoms with van der Waals surface area (Å²) in [7, 11) is -3.12. The minimum atomic E-state index is -3.12. The summed E-state index contributed by atoms with van der Waals surface area (Å²) in [6, 6.07) is 0. The second-order valence-electron chi connectivity index (χ2n) is 5.54. The molecule has 0 saturated heterocycles. The Morgan fingerprint density at radius 2 is 1.74 bits per heavy atom. The fourth-order valence-electron chi connectivity index (χ4n) is 1.48. The van der Waals surface area contributed by atoms with Crippen LogP contribution < -0.4 is 5.32 Å². The van der Waals surface area contributed by atoms with Crippen LogP contribution in [-0.2, 0) is 19.4 Å². The number of rotatable bonds is 9. The van der Waals surface area contributed by atoms with Gasteiger partial charge in [-0.05, 0) is 18.3 Å². The van der Waals surface area contributed by atoms with Crippen LogP contribution in [0.4, 0.5) is 0 Å². The van der Waals surface area contributed by atoms with Gasteiger partial charge in [0.25, 0.3) is 0 Å². The van der Waals surface area contributed by atoms with Gasteiger partial charge in [0.05, 0.1) is 5.75 Å². The molecule has 0 aromatic rings. The van der Waals surface area contributed by atoms with Crippen molar-refractivity contribution in [3.05, 3.63) is 0 Å². The summed E-state index contributed by atoms with van der Waals surface area (Å²) in [4.78, 5) is 21.9. The van der Waals surface area contributed by atoms with Gasteiger partial charge in [-0.25, -0.2) is 8.42 Å². The van der Waals surface area contributed by atoms with Gasteiger partial charge in [-0.1, -0.05) is 13.8 Å². The molecule has 112 valence electrons. The van der Waals surface area contributed by atoms with E-state index in [0.717, 1.165) is 6.26 Å². The fourth-order valence-corrected chi connectivity index (χ4v) is 2.03. The van der Waals surface area contributed by atoms with Crippen LogP contribution in [0, 0.1) is 5.41 Å². The molecule has 1 amide bonds. The normalized spacial score (nSPS) is 12.2. The molecule has 0 heterocycles. The lowest BCUT2D eigenvalue weighted by atomic mass is 9.84. The Bertz CT molecular complexity index is 414. The summed E-state index contributed by atoms with van der Waals surface area (Å²) < 4.78 is 21.8. The smallest absolute Gasteiger partial charge is 0.303 e. The summed E-state index contributed by atoms with van der Waals surface area (Å²) in [5.74, 6) is -1.27. The first-order valence-electron chi connectivity index (χ1n) is 6.18. The highest BCUT2D eigenvalue weighted by atomic mass is 32.2. The molecule has 0 spiro atoms. The monoisotopic (exact) mass is 293 g/mol. The van der Waals surface area contributed by atoms with E-state index in [2.05, 4.69) is 5.32 Å². The number of sulfone groups is 1. The van der Waals surface area contributed by atoms with Crippen molar-refractivity contribution in [1.29, 1.82) is 0 Å². The van der Waals surface area contributed by atoms with Gasteiger partial charge in [0, 0.05) is 25.6 Å². The van der Waals surface area contributed by atoms with Crippen LogP contribution in [0.15, 0.2) is 0 Å². The van der Waals surface area contributed by atoms with E-state index in [1.54, 1.807) is 0 Å². The Balaban J connectivity index is 3.89. The van der Waals surface area contributed by atoms with Gasteiger partial charge in [-0.3, -0.25) is 9.59 Å². The highest BCUT2D eigenvalue weighted by Crippen LogP contribution is 2.25. The van der Waals surface area contributed by atoms with Crippen LogP contribution in [0.5, 0.6) is 0 Å². The van der Waals surface area contributed by atoms with Gasteiger partial charge in [0.15, 0.2) is 0 Å². The van der Waals surface area contributed by atoms with Crippen LogP contribution in [-0.4, -0.2) is 44.0 Å². The number of hydrogen-bond acceptors (Lipinski definition) is 4. The molecule has 0 aliphatic rings. The molecule has 0 unspecified atom stereocenters. The molecule has 0 aromatic carbocycles. The predicted molar refractivity (Wildman–Crippen MR) is 72.6 cm³/mol. The molecule has 19 heavy (non-hydrogen) atoms. The van der Waals surface area contributed by atoms with Crippen molar-refractivity contribution < 1.29 is 23.1 Å². The lowest BCUT2D eigenvalue weighted by Crippen LogP contribution is -2.29. The SMILES string of the molecule is CC(C)(CCNC(=O)CCS(C)(=O)=O)CCC(=O)O. The molecule has 2 N–H and O–H groups in total. The standard InChI is InChI=1S/C12H23NO5S/c1-12(2,6-4-11(15)16)7-8-13-10(14)5-9-19(3,17)18/h4-9H2,1-3H3,(H,13,14)(H,15,16). The minimum Gasteiger partial charge on any atom is -0.481 e. The van der Waals surface area contributed by atoms with Crippen LogP contribution >= 0.6 is 0 Å². The number of aliphatic carboxylic acids is 1. The van der Waals surface area contributed by atoms with Gasteiger partial charge >= 0.3 is 5.97 Å². The third-order valence-electron chi connectivity index (χ3n) is 2.84. The molecule has 6 nitrogen and oxygen atoms in total. The molecule has 0 aromatic heterocycles. The summed E-state index contributed by atoms with van der Waals surface area (Å²) >= 11 is 0. The second-order valence-corrected chi connectivity index (χ2v) is 7.80. The number of hydrogen-bond donors (Lipinski definition) is 2. The second kappa shape index (κ2) is 7.47. The van der Waals surface area contributed by atoms with E-state index in [4.69, 9.17) is 5.11 Å². The maximum absolute atomic E-state index is 11.4. The number of carbonyl (C=O) groups excluding carboxylic acids is 1. The Morgan fingerprint density at radius 3 is 2.21 bits per heavy atom. The molecule has 0 rings (SSSR count). The van der Waals surface area contributed by atoms with Crippen LogP contribution in [0.25, 0.3) is 0 Å². The number of nitrogens with one attached hydrogen (secondary N) is 1. The maximum atomic E-state index is 11.4. The van der Waals surface area contributed by atoms with Gasteiger partial charge in [0.2, 0.25) is 5.91 Å². The van der Waals surface area contributed by atoms with Gasteiger partial charge < -0.3 is 10.4 Å². The molecule has 0 saturated carbocycles. The van der Waals surface area contributed by atoms with E-state index < -0.39 is 15.8 Å². The average Bonchev–Trinajstić information content (AvgIpc) is 2.23. The zero-order chi connectivity index (χ0) is 15.1. The van der Waals surface area contributed by atoms with Crippen LogP contribution in [0.2, 0.25) is 0 Å². The Labute approximate surface area is 114 Å². The van der Waals surface area contributed by atoms with Crippen molar-refractivity contribution in [1.82, 2.24) is 5.32 Å². The predicted octanol–water partition coefficient (Wildman–Crippen LogP) is 0.818. The van der Waals surface area contributed by atoms with Crippen LogP contribution in [0.3, 0.4) is 0 Å². The first-order chi connectivity index (χ1) is 8.52. The third-order valence-corrected chi connectivity index (χ3v) is 3.79. The Hall–Kier alpha value is -1.11. The largest absolute Gasteiger partial charge is 0.481 e. The number of carboxylic acid groups (broad SMARTS) is 1. The molecule has 0 bridgehead atoms. The molecule has 0 radical (unpaired) electrons. The Morgan fingerprint density at radius 1 is 1.16 bits per heavy atom. The van der Waals surface area contributed by atoms with Crippen molar-refractivity contribution in [2.24, 2.45) is 5.41 Å². The quantitative estimate of drug-likeness (QED) is 0.655. The number of carboxylic acids is 1. The van der Waals surface area contributed by atoms with Crippen molar-refractivity contribution in [2.45, 2.75) is 39.5 Å². The van der Waals surface area contributed by atoms with E-state index in [9.17, 15) is 18.0 Å². The highest BCUT2D eigenvalue weighted by molar-refractivity contribution is 7.90. The Kier molecular flexibility index (Phi) is 7.04. The zero-order valence-corrected chi connectivity index (χ0v) is 12.5. The van der Waals surface area contributed by atoms with E-state index in [1.807, 2.05) is 13.8 Å². The summed E-state index contributed by atoms with van der Waals surface area (Å²) in [5.41, 5.74) is -0.164. The van der Waals surface area contributed by atoms with Gasteiger partial charge in [-0.2, -0.15) is 0 Å². The van der Waals surface area contributed by atoms with E-state index >= 15 is 0 Å². The molecular weight excluding hydrogens is 270 g/mol. The van der Waals surface area contributed by atoms with Gasteiger partial charge in [0.1, 0.15) is 9.84 Å². The highest BCUT2D eigenvalue weighted by Gasteiger charge is 2.19. The first kappa shape index (κ1) is 17.9.